The zero-order valence-corrected chi connectivity index (χ0v) is 14.6. The molecule has 2 aliphatic heterocycles. The van der Waals surface area contributed by atoms with Gasteiger partial charge in [0, 0.05) is 56.0 Å². The second kappa shape index (κ2) is 7.37. The highest BCUT2D eigenvalue weighted by Crippen LogP contribution is 2.33. The Labute approximate surface area is 155 Å². The highest BCUT2D eigenvalue weighted by atomic mass is 16.7. The number of hydrogen-bond donors (Lipinski definition) is 0. The third-order valence-corrected chi connectivity index (χ3v) is 4.77. The van der Waals surface area contributed by atoms with Gasteiger partial charge < -0.3 is 18.8 Å². The number of hydrogen-bond acceptors (Lipinski definition) is 7. The van der Waals surface area contributed by atoms with Crippen LogP contribution in [-0.4, -0.2) is 53.6 Å². The summed E-state index contributed by atoms with van der Waals surface area (Å²) >= 11 is 0. The molecule has 0 unspecified atom stereocenters. The molecule has 2 aliphatic rings. The van der Waals surface area contributed by atoms with E-state index in [0.717, 1.165) is 5.56 Å². The lowest BCUT2D eigenvalue weighted by Crippen LogP contribution is -2.48. The molecule has 3 heterocycles. The average molecular weight is 373 g/mol. The van der Waals surface area contributed by atoms with Gasteiger partial charge in [-0.2, -0.15) is 0 Å². The van der Waals surface area contributed by atoms with Crippen molar-refractivity contribution in [1.29, 1.82) is 0 Å². The van der Waals surface area contributed by atoms with Gasteiger partial charge in [0.15, 0.2) is 12.6 Å². The van der Waals surface area contributed by atoms with Crippen LogP contribution in [0.25, 0.3) is 0 Å². The highest BCUT2D eigenvalue weighted by molar-refractivity contribution is 5.91. The third kappa shape index (κ3) is 3.64. The summed E-state index contributed by atoms with van der Waals surface area (Å²) in [6.45, 7) is 3.44. The number of amides is 1. The van der Waals surface area contributed by atoms with Crippen LogP contribution in [0.5, 0.6) is 5.75 Å². The van der Waals surface area contributed by atoms with Gasteiger partial charge in [-0.3, -0.25) is 19.8 Å². The van der Waals surface area contributed by atoms with E-state index in [1.807, 2.05) is 0 Å². The van der Waals surface area contributed by atoms with E-state index >= 15 is 0 Å². The van der Waals surface area contributed by atoms with Gasteiger partial charge in [0.1, 0.15) is 5.75 Å². The van der Waals surface area contributed by atoms with E-state index < -0.39 is 4.92 Å². The number of nitro benzene ring substituents is 1. The summed E-state index contributed by atoms with van der Waals surface area (Å²) in [7, 11) is 0. The maximum Gasteiger partial charge on any atom is 0.289 e. The monoisotopic (exact) mass is 373 g/mol. The van der Waals surface area contributed by atoms with Gasteiger partial charge in [-0.15, -0.1) is 0 Å². The Hall–Kier alpha value is -2.91. The molecule has 2 aromatic rings. The van der Waals surface area contributed by atoms with E-state index in [1.54, 1.807) is 23.1 Å². The summed E-state index contributed by atoms with van der Waals surface area (Å²) in [5.41, 5.74) is 1.50. The van der Waals surface area contributed by atoms with E-state index in [0.29, 0.717) is 56.4 Å². The number of non-ortho nitro benzene ring substituents is 1. The SMILES string of the molecule is O=C(c1ccco1)N1CCN(Cc2cc([N+](=O)[O-])cc3c2OCOC3)CC1. The zero-order chi connectivity index (χ0) is 18.8. The molecular formula is C18H19N3O6. The number of ether oxygens (including phenoxy) is 2. The molecule has 0 bridgehead atoms. The smallest absolute Gasteiger partial charge is 0.289 e. The fourth-order valence-electron chi connectivity index (χ4n) is 3.41. The quantitative estimate of drug-likeness (QED) is 0.597. The lowest BCUT2D eigenvalue weighted by molar-refractivity contribution is -0.385. The molecule has 0 radical (unpaired) electrons. The van der Waals surface area contributed by atoms with Crippen molar-refractivity contribution in [3.05, 3.63) is 57.5 Å². The molecule has 0 spiro atoms. The first-order valence-electron chi connectivity index (χ1n) is 8.67. The van der Waals surface area contributed by atoms with Crippen LogP contribution >= 0.6 is 0 Å². The van der Waals surface area contributed by atoms with Crippen LogP contribution in [0.3, 0.4) is 0 Å². The molecular weight excluding hydrogens is 354 g/mol. The Morgan fingerprint density at radius 2 is 2.04 bits per heavy atom. The van der Waals surface area contributed by atoms with E-state index in [-0.39, 0.29) is 18.4 Å². The van der Waals surface area contributed by atoms with Crippen molar-refractivity contribution < 1.29 is 23.6 Å². The zero-order valence-electron chi connectivity index (χ0n) is 14.6. The van der Waals surface area contributed by atoms with Crippen molar-refractivity contribution in [2.24, 2.45) is 0 Å². The van der Waals surface area contributed by atoms with Crippen LogP contribution < -0.4 is 4.74 Å². The lowest BCUT2D eigenvalue weighted by atomic mass is 10.1. The molecule has 1 fully saturated rings. The summed E-state index contributed by atoms with van der Waals surface area (Å²) < 4.78 is 16.0. The number of carbonyl (C=O) groups excluding carboxylic acids is 1. The summed E-state index contributed by atoms with van der Waals surface area (Å²) in [5, 5.41) is 11.2. The molecule has 1 aromatic carbocycles. The summed E-state index contributed by atoms with van der Waals surface area (Å²) in [6.07, 6.45) is 1.48. The maximum atomic E-state index is 12.3. The van der Waals surface area contributed by atoms with E-state index in [1.165, 1.54) is 12.3 Å². The largest absolute Gasteiger partial charge is 0.467 e. The lowest BCUT2D eigenvalue weighted by Gasteiger charge is -2.34. The topological polar surface area (TPSA) is 98.3 Å². The van der Waals surface area contributed by atoms with Gasteiger partial charge in [-0.05, 0) is 12.1 Å². The van der Waals surface area contributed by atoms with Crippen LogP contribution in [0, 0.1) is 10.1 Å². The fraction of sp³-hybridized carbons (Fsp3) is 0.389. The molecule has 0 aliphatic carbocycles. The number of piperazine rings is 1. The number of nitrogens with zero attached hydrogens (tertiary/aromatic N) is 3. The molecule has 27 heavy (non-hydrogen) atoms. The average Bonchev–Trinajstić information content (AvgIpc) is 3.22. The Kier molecular flexibility index (Phi) is 4.78. The molecule has 0 atom stereocenters. The van der Waals surface area contributed by atoms with Crippen LogP contribution in [0.15, 0.2) is 34.9 Å². The minimum absolute atomic E-state index is 0.0319. The Morgan fingerprint density at radius 3 is 2.74 bits per heavy atom. The summed E-state index contributed by atoms with van der Waals surface area (Å²) in [5.74, 6) is 0.887. The van der Waals surface area contributed by atoms with Gasteiger partial charge in [0.05, 0.1) is 17.8 Å². The molecule has 9 nitrogen and oxygen atoms in total. The summed E-state index contributed by atoms with van der Waals surface area (Å²) in [6, 6.07) is 6.41. The van der Waals surface area contributed by atoms with Crippen LogP contribution in [-0.2, 0) is 17.9 Å². The standard InChI is InChI=1S/C18H19N3O6/c22-18(16-2-1-7-26-16)20-5-3-19(4-6-20)10-13-8-15(21(23)24)9-14-11-25-12-27-17(13)14/h1-2,7-9H,3-6,10-12H2. The molecule has 9 heteroatoms. The molecule has 1 amide bonds. The van der Waals surface area contributed by atoms with Gasteiger partial charge in [0.2, 0.25) is 0 Å². The first-order valence-corrected chi connectivity index (χ1v) is 8.67. The number of rotatable bonds is 4. The molecule has 0 N–H and O–H groups in total. The molecule has 142 valence electrons. The normalized spacial score (nSPS) is 17.3. The number of fused-ring (bicyclic) bond motifs is 1. The highest BCUT2D eigenvalue weighted by Gasteiger charge is 2.26. The van der Waals surface area contributed by atoms with Gasteiger partial charge in [-0.1, -0.05) is 0 Å². The third-order valence-electron chi connectivity index (χ3n) is 4.77. The number of carbonyl (C=O) groups is 1. The van der Waals surface area contributed by atoms with Gasteiger partial charge >= 0.3 is 0 Å². The van der Waals surface area contributed by atoms with Crippen LogP contribution in [0.4, 0.5) is 5.69 Å². The van der Waals surface area contributed by atoms with Gasteiger partial charge in [-0.25, -0.2) is 0 Å². The van der Waals surface area contributed by atoms with Crippen molar-refractivity contribution in [3.63, 3.8) is 0 Å². The molecule has 1 saturated heterocycles. The predicted molar refractivity (Wildman–Crippen MR) is 93.3 cm³/mol. The first kappa shape index (κ1) is 17.5. The molecule has 1 aromatic heterocycles. The first-order chi connectivity index (χ1) is 13.1. The van der Waals surface area contributed by atoms with Crippen molar-refractivity contribution in [2.45, 2.75) is 13.2 Å². The minimum Gasteiger partial charge on any atom is -0.467 e. The van der Waals surface area contributed by atoms with Crippen molar-refractivity contribution in [3.8, 4) is 5.75 Å². The summed E-state index contributed by atoms with van der Waals surface area (Å²) in [4.78, 5) is 27.1. The molecule has 4 rings (SSSR count). The van der Waals surface area contributed by atoms with E-state index in [4.69, 9.17) is 13.9 Å². The Balaban J connectivity index is 1.45. The second-order valence-electron chi connectivity index (χ2n) is 6.51. The molecule has 0 saturated carbocycles. The van der Waals surface area contributed by atoms with Crippen molar-refractivity contribution in [2.75, 3.05) is 33.0 Å². The second-order valence-corrected chi connectivity index (χ2v) is 6.51. The van der Waals surface area contributed by atoms with Crippen molar-refractivity contribution in [1.82, 2.24) is 9.80 Å². The number of nitro groups is 1. The Bertz CT molecular complexity index is 843. The van der Waals surface area contributed by atoms with Gasteiger partial charge in [0.25, 0.3) is 11.6 Å². The fourth-order valence-corrected chi connectivity index (χ4v) is 3.41. The van der Waals surface area contributed by atoms with Crippen LogP contribution in [0.1, 0.15) is 21.7 Å². The predicted octanol–water partition coefficient (Wildman–Crippen LogP) is 2.01. The number of benzene rings is 1. The number of furan rings is 1. The van der Waals surface area contributed by atoms with Crippen molar-refractivity contribution >= 4 is 11.6 Å². The minimum atomic E-state index is -0.404. The van der Waals surface area contributed by atoms with E-state index in [2.05, 4.69) is 4.90 Å². The maximum absolute atomic E-state index is 12.3. The van der Waals surface area contributed by atoms with E-state index in [9.17, 15) is 14.9 Å². The van der Waals surface area contributed by atoms with Crippen LogP contribution in [0.2, 0.25) is 0 Å². The Morgan fingerprint density at radius 1 is 1.22 bits per heavy atom.